The van der Waals surface area contributed by atoms with Gasteiger partial charge in [-0.2, -0.15) is 0 Å². The highest BCUT2D eigenvalue weighted by Gasteiger charge is 2.19. The number of benzene rings is 1. The monoisotopic (exact) mass is 403 g/mol. The van der Waals surface area contributed by atoms with Crippen molar-refractivity contribution in [3.63, 3.8) is 0 Å². The molecule has 3 rings (SSSR count). The summed E-state index contributed by atoms with van der Waals surface area (Å²) in [6.45, 7) is 3.99. The summed E-state index contributed by atoms with van der Waals surface area (Å²) in [6.07, 6.45) is 1.76. The van der Waals surface area contributed by atoms with Gasteiger partial charge in [-0.15, -0.1) is 0 Å². The second-order valence-corrected chi connectivity index (χ2v) is 7.74. The van der Waals surface area contributed by atoms with Gasteiger partial charge in [0.15, 0.2) is 11.7 Å². The van der Waals surface area contributed by atoms with Gasteiger partial charge in [0, 0.05) is 49.5 Å². The number of nitrogens with zero attached hydrogens (tertiary/aromatic N) is 3. The van der Waals surface area contributed by atoms with Crippen LogP contribution >= 0.6 is 23.4 Å². The quantitative estimate of drug-likeness (QED) is 0.334. The lowest BCUT2D eigenvalue weighted by Crippen LogP contribution is -2.50. The highest BCUT2D eigenvalue weighted by molar-refractivity contribution is 8.00. The molecule has 8 heteroatoms. The molecule has 1 aliphatic rings. The minimum Gasteiger partial charge on any atom is -0.370 e. The Balaban J connectivity index is 1.58. The van der Waals surface area contributed by atoms with Gasteiger partial charge in [-0.05, 0) is 35.9 Å². The Morgan fingerprint density at radius 2 is 1.89 bits per heavy atom. The van der Waals surface area contributed by atoms with Crippen LogP contribution in [0.3, 0.4) is 0 Å². The normalized spacial score (nSPS) is 14.9. The van der Waals surface area contributed by atoms with Crippen LogP contribution in [0.1, 0.15) is 15.9 Å². The number of thioether (sulfide) groups is 1. The molecular weight excluding hydrogens is 382 g/mol. The van der Waals surface area contributed by atoms with Crippen molar-refractivity contribution in [1.29, 1.82) is 5.41 Å². The number of guanidine groups is 1. The average molecular weight is 404 g/mol. The molecule has 0 saturated carbocycles. The predicted molar refractivity (Wildman–Crippen MR) is 110 cm³/mol. The van der Waals surface area contributed by atoms with Gasteiger partial charge in [0.2, 0.25) is 0 Å². The molecular formula is C19H22ClN5OS. The number of Topliss-reactive ketones (excluding diaryl/α,β-unsaturated/α-hetero) is 1. The number of pyridine rings is 1. The Kier molecular flexibility index (Phi) is 6.71. The fraction of sp³-hybridized carbons (Fsp3) is 0.316. The smallest absolute Gasteiger partial charge is 0.188 e. The van der Waals surface area contributed by atoms with E-state index in [1.54, 1.807) is 30.5 Å². The minimum atomic E-state index is 0.0587. The molecule has 0 unspecified atom stereocenters. The summed E-state index contributed by atoms with van der Waals surface area (Å²) in [5.74, 6) is 0.528. The molecule has 27 heavy (non-hydrogen) atoms. The molecule has 1 saturated heterocycles. The third-order valence-electron chi connectivity index (χ3n) is 4.46. The van der Waals surface area contributed by atoms with E-state index in [9.17, 15) is 4.79 Å². The van der Waals surface area contributed by atoms with Crippen LogP contribution in [0.5, 0.6) is 0 Å². The zero-order chi connectivity index (χ0) is 19.2. The van der Waals surface area contributed by atoms with E-state index in [4.69, 9.17) is 22.7 Å². The number of hydrogen-bond acceptors (Lipinski definition) is 5. The second-order valence-electron chi connectivity index (χ2n) is 6.33. The minimum absolute atomic E-state index is 0.0587. The molecule has 0 spiro atoms. The van der Waals surface area contributed by atoms with Crippen LogP contribution in [-0.4, -0.2) is 58.5 Å². The molecule has 1 fully saturated rings. The molecule has 6 nitrogen and oxygen atoms in total. The number of aromatic nitrogens is 1. The highest BCUT2D eigenvalue weighted by atomic mass is 35.5. The maximum absolute atomic E-state index is 12.4. The number of halogens is 1. The Bertz CT molecular complexity index is 806. The summed E-state index contributed by atoms with van der Waals surface area (Å²) in [5.41, 5.74) is 7.32. The Labute approximate surface area is 168 Å². The first-order valence-corrected chi connectivity index (χ1v) is 10.1. The van der Waals surface area contributed by atoms with Crippen LogP contribution in [0.4, 0.5) is 0 Å². The molecule has 1 aromatic carbocycles. The van der Waals surface area contributed by atoms with Gasteiger partial charge in [0.05, 0.1) is 5.75 Å². The van der Waals surface area contributed by atoms with Crippen molar-refractivity contribution in [1.82, 2.24) is 14.8 Å². The lowest BCUT2D eigenvalue weighted by Gasteiger charge is -2.35. The number of ketones is 1. The number of carbonyl (C=O) groups excluding carboxylic acids is 1. The average Bonchev–Trinajstić information content (AvgIpc) is 2.68. The topological polar surface area (TPSA) is 86.3 Å². The summed E-state index contributed by atoms with van der Waals surface area (Å²) in [4.78, 5) is 21.1. The molecule has 1 aliphatic heterocycles. The molecule has 0 aliphatic carbocycles. The van der Waals surface area contributed by atoms with Crippen molar-refractivity contribution in [3.8, 4) is 0 Å². The van der Waals surface area contributed by atoms with Gasteiger partial charge in [-0.3, -0.25) is 15.1 Å². The van der Waals surface area contributed by atoms with E-state index in [1.165, 1.54) is 11.8 Å². The predicted octanol–water partition coefficient (Wildman–Crippen LogP) is 2.72. The van der Waals surface area contributed by atoms with Crippen LogP contribution in [0, 0.1) is 5.41 Å². The first kappa shape index (κ1) is 19.7. The molecule has 0 amide bonds. The van der Waals surface area contributed by atoms with E-state index < -0.39 is 0 Å². The Morgan fingerprint density at radius 3 is 2.56 bits per heavy atom. The van der Waals surface area contributed by atoms with Gasteiger partial charge in [-0.25, -0.2) is 4.98 Å². The van der Waals surface area contributed by atoms with Crippen LogP contribution in [0.15, 0.2) is 47.6 Å². The van der Waals surface area contributed by atoms with E-state index >= 15 is 0 Å². The molecule has 0 radical (unpaired) electrons. The van der Waals surface area contributed by atoms with Crippen molar-refractivity contribution in [2.45, 2.75) is 11.6 Å². The highest BCUT2D eigenvalue weighted by Crippen LogP contribution is 2.23. The van der Waals surface area contributed by atoms with E-state index in [0.29, 0.717) is 16.3 Å². The van der Waals surface area contributed by atoms with E-state index in [-0.39, 0.29) is 11.7 Å². The van der Waals surface area contributed by atoms with Gasteiger partial charge in [0.1, 0.15) is 5.03 Å². The van der Waals surface area contributed by atoms with E-state index in [2.05, 4.69) is 16.0 Å². The van der Waals surface area contributed by atoms with Crippen molar-refractivity contribution in [2.24, 2.45) is 5.73 Å². The molecule has 3 N–H and O–H groups in total. The van der Waals surface area contributed by atoms with Gasteiger partial charge in [0.25, 0.3) is 0 Å². The maximum atomic E-state index is 12.4. The number of nitrogens with one attached hydrogen (secondary N) is 1. The molecule has 0 bridgehead atoms. The summed E-state index contributed by atoms with van der Waals surface area (Å²) in [6, 6.07) is 10.9. The van der Waals surface area contributed by atoms with E-state index in [0.717, 1.165) is 43.3 Å². The molecule has 2 heterocycles. The van der Waals surface area contributed by atoms with Crippen molar-refractivity contribution < 1.29 is 4.79 Å². The van der Waals surface area contributed by atoms with Crippen LogP contribution in [-0.2, 0) is 6.54 Å². The number of piperazine rings is 1. The van der Waals surface area contributed by atoms with Gasteiger partial charge < -0.3 is 10.6 Å². The summed E-state index contributed by atoms with van der Waals surface area (Å²) >= 11 is 7.34. The van der Waals surface area contributed by atoms with E-state index in [1.807, 2.05) is 11.0 Å². The van der Waals surface area contributed by atoms with Gasteiger partial charge in [-0.1, -0.05) is 29.4 Å². The maximum Gasteiger partial charge on any atom is 0.188 e. The van der Waals surface area contributed by atoms with Crippen LogP contribution < -0.4 is 5.73 Å². The SMILES string of the molecule is N=C(N)N1CCN(Cc2cccnc2SCC(=O)c2ccc(Cl)cc2)CC1. The molecule has 142 valence electrons. The van der Waals surface area contributed by atoms with Crippen molar-refractivity contribution in [2.75, 3.05) is 31.9 Å². The summed E-state index contributed by atoms with van der Waals surface area (Å²) < 4.78 is 0. The largest absolute Gasteiger partial charge is 0.370 e. The first-order valence-electron chi connectivity index (χ1n) is 8.69. The standard InChI is InChI=1S/C19H22ClN5OS/c20-16-5-3-14(4-6-16)17(26)13-27-18-15(2-1-7-23-18)12-24-8-10-25(11-9-24)19(21)22/h1-7H,8-13H2,(H3,21,22). The second kappa shape index (κ2) is 9.21. The first-order chi connectivity index (χ1) is 13.0. The van der Waals surface area contributed by atoms with Gasteiger partial charge >= 0.3 is 0 Å². The summed E-state index contributed by atoms with van der Waals surface area (Å²) in [5, 5.41) is 9.02. The molecule has 0 atom stereocenters. The third-order valence-corrected chi connectivity index (χ3v) is 5.76. The molecule has 2 aromatic rings. The lowest BCUT2D eigenvalue weighted by molar-refractivity contribution is 0.102. The number of hydrogen-bond donors (Lipinski definition) is 2. The number of nitrogens with two attached hydrogens (primary N) is 1. The lowest BCUT2D eigenvalue weighted by atomic mass is 10.1. The Hall–Kier alpha value is -2.09. The van der Waals surface area contributed by atoms with Crippen LogP contribution in [0.2, 0.25) is 5.02 Å². The van der Waals surface area contributed by atoms with Crippen molar-refractivity contribution in [3.05, 3.63) is 58.7 Å². The zero-order valence-corrected chi connectivity index (χ0v) is 16.5. The fourth-order valence-electron chi connectivity index (χ4n) is 2.92. The molecule has 1 aromatic heterocycles. The number of rotatable bonds is 6. The number of carbonyl (C=O) groups is 1. The zero-order valence-electron chi connectivity index (χ0n) is 14.9. The van der Waals surface area contributed by atoms with Crippen LogP contribution in [0.25, 0.3) is 0 Å². The Morgan fingerprint density at radius 1 is 1.19 bits per heavy atom. The fourth-order valence-corrected chi connectivity index (χ4v) is 3.93. The third kappa shape index (κ3) is 5.45. The van der Waals surface area contributed by atoms with Crippen molar-refractivity contribution >= 4 is 35.1 Å². The summed E-state index contributed by atoms with van der Waals surface area (Å²) in [7, 11) is 0.